The van der Waals surface area contributed by atoms with Gasteiger partial charge in [-0.15, -0.1) is 0 Å². The number of nitrogens with zero attached hydrogens (tertiary/aromatic N) is 3. The number of aliphatic hydroxyl groups is 3. The summed E-state index contributed by atoms with van der Waals surface area (Å²) in [5.41, 5.74) is 13.3. The highest BCUT2D eigenvalue weighted by Crippen LogP contribution is 2.39. The van der Waals surface area contributed by atoms with Crippen LogP contribution in [0, 0.1) is 11.8 Å². The largest absolute Gasteiger partial charge is 0.508 e. The van der Waals surface area contributed by atoms with Gasteiger partial charge in [0.05, 0.1) is 24.3 Å². The Labute approximate surface area is 279 Å². The molecule has 48 heavy (non-hydrogen) atoms. The van der Waals surface area contributed by atoms with Gasteiger partial charge in [0.1, 0.15) is 23.8 Å². The summed E-state index contributed by atoms with van der Waals surface area (Å²) in [6.07, 6.45) is 4.79. The molecule has 4 aliphatic heterocycles. The lowest BCUT2D eigenvalue weighted by Crippen LogP contribution is -2.35. The van der Waals surface area contributed by atoms with E-state index in [-0.39, 0.29) is 55.1 Å². The normalized spacial score (nSPS) is 22.1. The number of aromatic hydroxyl groups is 2. The first-order valence-electron chi connectivity index (χ1n) is 16.5. The Balaban J connectivity index is 1.22. The van der Waals surface area contributed by atoms with Crippen molar-refractivity contribution < 1.29 is 35.1 Å². The van der Waals surface area contributed by atoms with E-state index in [1.54, 1.807) is 0 Å². The number of benzene rings is 2. The van der Waals surface area contributed by atoms with Gasteiger partial charge in [-0.2, -0.15) is 0 Å². The second kappa shape index (κ2) is 14.3. The van der Waals surface area contributed by atoms with Gasteiger partial charge in [-0.1, -0.05) is 37.3 Å². The molecular formula is C37H42N4O7. The summed E-state index contributed by atoms with van der Waals surface area (Å²) < 4.78 is 6.33. The standard InChI is InChI=1S/C37H42N4O7/c1-2-4-23(42)15-25(44)16-24(43)8-7-21-14-35(34(47)17-33(21)46)48-36-6-3-5-32(45)27-9-10-28-26(11-12-39-37(28)38)29(27)13-22-18-40-31-20-41(36)19-30(22)31/h9-10,12,14,17-18,20,23,25,32,36-37,42,44-47H,2,4,6-8,11,13,15-16,19,38H2,1H3. The lowest BCUT2D eigenvalue weighted by molar-refractivity contribution is -0.121. The highest BCUT2D eigenvalue weighted by Gasteiger charge is 2.32. The molecule has 0 saturated heterocycles. The lowest BCUT2D eigenvalue weighted by atomic mass is 9.85. The van der Waals surface area contributed by atoms with Crippen LogP contribution in [0.25, 0.3) is 0 Å². The van der Waals surface area contributed by atoms with E-state index >= 15 is 0 Å². The summed E-state index contributed by atoms with van der Waals surface area (Å²) in [6, 6.07) is 6.49. The summed E-state index contributed by atoms with van der Waals surface area (Å²) in [7, 11) is 0. The van der Waals surface area contributed by atoms with Crippen molar-refractivity contribution in [2.45, 2.75) is 95.4 Å². The molecule has 0 aliphatic carbocycles. The van der Waals surface area contributed by atoms with E-state index < -0.39 is 30.7 Å². The Hall–Kier alpha value is -4.47. The smallest absolute Gasteiger partial charge is 0.183 e. The van der Waals surface area contributed by atoms with Crippen LogP contribution >= 0.6 is 0 Å². The minimum Gasteiger partial charge on any atom is -0.508 e. The van der Waals surface area contributed by atoms with Gasteiger partial charge in [0, 0.05) is 62.5 Å². The van der Waals surface area contributed by atoms with Gasteiger partial charge in [0.2, 0.25) is 0 Å². The quantitative estimate of drug-likeness (QED) is 0.198. The van der Waals surface area contributed by atoms with E-state index in [0.29, 0.717) is 31.4 Å². The zero-order valence-corrected chi connectivity index (χ0v) is 27.0. The second-order valence-electron chi connectivity index (χ2n) is 12.8. The predicted octanol–water partition coefficient (Wildman–Crippen LogP) is 3.41. The molecule has 11 nitrogen and oxygen atoms in total. The maximum atomic E-state index is 12.6. The molecule has 5 unspecified atom stereocenters. The van der Waals surface area contributed by atoms with E-state index in [4.69, 9.17) is 10.5 Å². The predicted molar refractivity (Wildman–Crippen MR) is 181 cm³/mol. The van der Waals surface area contributed by atoms with Crippen molar-refractivity contribution in [2.24, 2.45) is 15.7 Å². The number of carbonyl (C=O) groups excluding carboxylic acids is 1. The van der Waals surface area contributed by atoms with Crippen LogP contribution in [0.1, 0.15) is 85.5 Å². The molecule has 2 bridgehead atoms. The van der Waals surface area contributed by atoms with Gasteiger partial charge < -0.3 is 40.9 Å². The maximum Gasteiger partial charge on any atom is 0.183 e. The maximum absolute atomic E-state index is 12.6. The SMILES string of the molecule is CCCC(O)CC(O)CC(=O)CCc1cc(OC2CC#CC(O)c3ccc4c(c3CC3=C5CN2C=C5N=C3)CC=NC4N)c(O)cc1O. The molecule has 0 aromatic heterocycles. The third-order valence-electron chi connectivity index (χ3n) is 9.34. The van der Waals surface area contributed by atoms with E-state index in [1.807, 2.05) is 42.6 Å². The number of rotatable bonds is 11. The minimum atomic E-state index is -1.05. The van der Waals surface area contributed by atoms with Gasteiger partial charge in [-0.3, -0.25) is 14.8 Å². The monoisotopic (exact) mass is 654 g/mol. The van der Waals surface area contributed by atoms with Crippen LogP contribution in [0.2, 0.25) is 0 Å². The number of aliphatic hydroxyl groups excluding tert-OH is 3. The topological polar surface area (TPSA) is 181 Å². The number of hydrogen-bond acceptors (Lipinski definition) is 11. The van der Waals surface area contributed by atoms with Crippen molar-refractivity contribution in [1.82, 2.24) is 4.90 Å². The number of phenols is 2. The number of ether oxygens (including phenoxy) is 1. The van der Waals surface area contributed by atoms with E-state index in [0.717, 1.165) is 45.5 Å². The van der Waals surface area contributed by atoms with Crippen LogP contribution in [0.5, 0.6) is 17.2 Å². The fourth-order valence-electron chi connectivity index (χ4n) is 6.80. The summed E-state index contributed by atoms with van der Waals surface area (Å²) in [5, 5.41) is 52.7. The number of allylic oxidation sites excluding steroid dienone is 1. The van der Waals surface area contributed by atoms with Crippen molar-refractivity contribution in [3.8, 4) is 29.1 Å². The van der Waals surface area contributed by atoms with Gasteiger partial charge in [0.25, 0.3) is 0 Å². The van der Waals surface area contributed by atoms with Crippen LogP contribution in [0.4, 0.5) is 0 Å². The molecule has 7 N–H and O–H groups in total. The van der Waals surface area contributed by atoms with Gasteiger partial charge in [-0.25, -0.2) is 0 Å². The molecule has 4 aliphatic rings. The van der Waals surface area contributed by atoms with Gasteiger partial charge in [-0.05, 0) is 58.7 Å². The van der Waals surface area contributed by atoms with Crippen molar-refractivity contribution in [1.29, 1.82) is 0 Å². The Kier molecular flexibility index (Phi) is 9.99. The summed E-state index contributed by atoms with van der Waals surface area (Å²) >= 11 is 0. The van der Waals surface area contributed by atoms with Crippen LogP contribution in [0.3, 0.4) is 0 Å². The molecule has 2 aromatic carbocycles. The number of fused-ring (bicyclic) bond motifs is 4. The first kappa shape index (κ1) is 33.4. The van der Waals surface area contributed by atoms with Crippen LogP contribution in [-0.2, 0) is 24.1 Å². The summed E-state index contributed by atoms with van der Waals surface area (Å²) in [4.78, 5) is 23.6. The van der Waals surface area contributed by atoms with Gasteiger partial charge >= 0.3 is 0 Å². The van der Waals surface area contributed by atoms with E-state index in [2.05, 4.69) is 21.8 Å². The van der Waals surface area contributed by atoms with Crippen LogP contribution in [-0.4, -0.2) is 73.6 Å². The molecule has 11 heteroatoms. The highest BCUT2D eigenvalue weighted by atomic mass is 16.5. The Bertz CT molecular complexity index is 1770. The van der Waals surface area contributed by atoms with E-state index in [1.165, 1.54) is 12.1 Å². The molecule has 6 rings (SSSR count). The first-order chi connectivity index (χ1) is 23.1. The van der Waals surface area contributed by atoms with Gasteiger partial charge in [0.15, 0.2) is 17.7 Å². The molecule has 2 aromatic rings. The fourth-order valence-corrected chi connectivity index (χ4v) is 6.80. The zero-order chi connectivity index (χ0) is 33.9. The average molecular weight is 655 g/mol. The second-order valence-corrected chi connectivity index (χ2v) is 12.8. The third kappa shape index (κ3) is 7.17. The summed E-state index contributed by atoms with van der Waals surface area (Å²) in [6.45, 7) is 2.44. The number of aliphatic imine (C=N–C) groups is 2. The van der Waals surface area contributed by atoms with Crippen LogP contribution < -0.4 is 10.5 Å². The molecule has 4 heterocycles. The Morgan fingerprint density at radius 3 is 2.77 bits per heavy atom. The molecule has 0 fully saturated rings. The lowest BCUT2D eigenvalue weighted by Gasteiger charge is -2.28. The molecular weight excluding hydrogens is 612 g/mol. The van der Waals surface area contributed by atoms with E-state index in [9.17, 15) is 30.3 Å². The van der Waals surface area contributed by atoms with Crippen LogP contribution in [0.15, 0.2) is 57.3 Å². The number of aryl methyl sites for hydroxylation is 1. The van der Waals surface area contributed by atoms with Crippen molar-refractivity contribution in [3.63, 3.8) is 0 Å². The van der Waals surface area contributed by atoms with Crippen molar-refractivity contribution in [2.75, 3.05) is 6.54 Å². The molecule has 252 valence electrons. The number of nitrogens with two attached hydrogens (primary N) is 1. The Morgan fingerprint density at radius 1 is 1.15 bits per heavy atom. The molecule has 0 amide bonds. The fraction of sp³-hybridized carbons (Fsp3) is 0.432. The first-order valence-corrected chi connectivity index (χ1v) is 16.5. The molecule has 0 spiro atoms. The number of carbonyl (C=O) groups is 1. The number of hydrogen-bond donors (Lipinski definition) is 6. The van der Waals surface area contributed by atoms with Crippen molar-refractivity contribution >= 4 is 18.2 Å². The molecule has 0 saturated carbocycles. The third-order valence-corrected chi connectivity index (χ3v) is 9.34. The molecule has 5 atom stereocenters. The highest BCUT2D eigenvalue weighted by molar-refractivity contribution is 5.88. The molecule has 0 radical (unpaired) electrons. The average Bonchev–Trinajstić information content (AvgIpc) is 3.62. The Morgan fingerprint density at radius 2 is 1.96 bits per heavy atom. The minimum absolute atomic E-state index is 0.0576. The zero-order valence-electron chi connectivity index (χ0n) is 27.0. The summed E-state index contributed by atoms with van der Waals surface area (Å²) in [5.74, 6) is 5.53. The number of Topliss-reactive ketones (excluding diaryl/α,β-unsaturated/α-hetero) is 1. The number of phenolic OH excluding ortho intramolecular Hbond substituents is 2. The number of ketones is 1. The van der Waals surface area contributed by atoms with Crippen molar-refractivity contribution in [3.05, 3.63) is 75.1 Å².